The highest BCUT2D eigenvalue weighted by Gasteiger charge is 2.54. The molecule has 17 heavy (non-hydrogen) atoms. The minimum absolute atomic E-state index is 0.426. The van der Waals surface area contributed by atoms with Gasteiger partial charge in [0.1, 0.15) is 7.85 Å². The summed E-state index contributed by atoms with van der Waals surface area (Å²) in [6, 6.07) is 0.832. The van der Waals surface area contributed by atoms with Gasteiger partial charge in [0.15, 0.2) is 0 Å². The van der Waals surface area contributed by atoms with E-state index in [2.05, 4.69) is 26.7 Å². The fraction of sp³-hybridized carbons (Fsp3) is 1.00. The van der Waals surface area contributed by atoms with Crippen LogP contribution in [0.3, 0.4) is 0 Å². The Balaban J connectivity index is 1.79. The molecule has 0 aromatic heterocycles. The molecular formula is C14H26BNO. The first-order valence-electron chi connectivity index (χ1n) is 7.33. The molecule has 2 saturated heterocycles. The van der Waals surface area contributed by atoms with Crippen LogP contribution < -0.4 is 0 Å². The standard InChI is InChI=1S/C14H26BNO/c1-13(15)6-4-3-5-12-11(7-13)8-14(16(12)2)9-17-10-14/h11-12H,3-10,15H2,1-2H3. The van der Waals surface area contributed by atoms with E-state index in [0.29, 0.717) is 10.9 Å². The largest absolute Gasteiger partial charge is 0.377 e. The van der Waals surface area contributed by atoms with Crippen molar-refractivity contribution < 1.29 is 4.74 Å². The molecule has 2 nitrogen and oxygen atoms in total. The van der Waals surface area contributed by atoms with Gasteiger partial charge < -0.3 is 4.74 Å². The van der Waals surface area contributed by atoms with Crippen LogP contribution in [0.1, 0.15) is 45.4 Å². The number of ether oxygens (including phenoxy) is 1. The number of fused-ring (bicyclic) bond motifs is 1. The van der Waals surface area contributed by atoms with Crippen molar-refractivity contribution in [1.29, 1.82) is 0 Å². The number of rotatable bonds is 0. The molecule has 0 N–H and O–H groups in total. The topological polar surface area (TPSA) is 12.5 Å². The summed E-state index contributed by atoms with van der Waals surface area (Å²) in [6.07, 6.45) is 8.49. The van der Waals surface area contributed by atoms with Crippen LogP contribution in [-0.4, -0.2) is 44.6 Å². The van der Waals surface area contributed by atoms with Crippen LogP contribution in [0, 0.1) is 5.92 Å². The molecule has 2 heterocycles. The SMILES string of the molecule is BC1(C)CCCCC2C(C1)CC1(COC1)N2C. The van der Waals surface area contributed by atoms with Gasteiger partial charge >= 0.3 is 0 Å². The first-order chi connectivity index (χ1) is 8.03. The summed E-state index contributed by atoms with van der Waals surface area (Å²) in [5, 5.41) is 0.556. The van der Waals surface area contributed by atoms with Gasteiger partial charge in [0.25, 0.3) is 0 Å². The Bertz CT molecular complexity index is 299. The van der Waals surface area contributed by atoms with Crippen molar-refractivity contribution in [2.45, 2.75) is 62.3 Å². The monoisotopic (exact) mass is 235 g/mol. The molecule has 1 aliphatic carbocycles. The zero-order valence-electron chi connectivity index (χ0n) is 11.7. The maximum Gasteiger partial charge on any atom is 0.109 e. The highest BCUT2D eigenvalue weighted by atomic mass is 16.5. The molecule has 3 unspecified atom stereocenters. The number of nitrogens with zero attached hydrogens (tertiary/aromatic N) is 1. The highest BCUT2D eigenvalue weighted by molar-refractivity contribution is 6.14. The molecule has 0 aromatic carbocycles. The molecule has 0 amide bonds. The normalized spacial score (nSPS) is 46.0. The van der Waals surface area contributed by atoms with Gasteiger partial charge in [0.05, 0.1) is 18.8 Å². The van der Waals surface area contributed by atoms with Crippen LogP contribution in [0.25, 0.3) is 0 Å². The van der Waals surface area contributed by atoms with Gasteiger partial charge in [0, 0.05) is 6.04 Å². The molecule has 1 spiro atoms. The lowest BCUT2D eigenvalue weighted by molar-refractivity contribution is -0.122. The van der Waals surface area contributed by atoms with Crippen molar-refractivity contribution in [3.8, 4) is 0 Å². The Kier molecular flexibility index (Phi) is 2.83. The smallest absolute Gasteiger partial charge is 0.109 e. The number of likely N-dealkylation sites (tertiary alicyclic amines) is 1. The van der Waals surface area contributed by atoms with Crippen molar-refractivity contribution in [2.75, 3.05) is 20.3 Å². The first-order valence-corrected chi connectivity index (χ1v) is 7.33. The number of likely N-dealkylation sites (N-methyl/N-ethyl adjacent to an activating group) is 1. The second kappa shape index (κ2) is 3.99. The lowest BCUT2D eigenvalue weighted by Gasteiger charge is -2.45. The third-order valence-electron chi connectivity index (χ3n) is 5.59. The zero-order valence-corrected chi connectivity index (χ0v) is 11.7. The van der Waals surface area contributed by atoms with Crippen molar-refractivity contribution in [3.63, 3.8) is 0 Å². The molecule has 3 rings (SSSR count). The number of hydrogen-bond acceptors (Lipinski definition) is 2. The zero-order chi connectivity index (χ0) is 12.1. The average Bonchev–Trinajstić information content (AvgIpc) is 2.43. The van der Waals surface area contributed by atoms with Crippen molar-refractivity contribution in [3.05, 3.63) is 0 Å². The van der Waals surface area contributed by atoms with E-state index in [1.165, 1.54) is 38.5 Å². The summed E-state index contributed by atoms with van der Waals surface area (Å²) in [5.41, 5.74) is 0.426. The van der Waals surface area contributed by atoms with Crippen LogP contribution in [0.15, 0.2) is 0 Å². The predicted molar refractivity (Wildman–Crippen MR) is 73.2 cm³/mol. The lowest BCUT2D eigenvalue weighted by Crippen LogP contribution is -2.58. The molecular weight excluding hydrogens is 209 g/mol. The third kappa shape index (κ3) is 1.96. The highest BCUT2D eigenvalue weighted by Crippen LogP contribution is 2.50. The molecule has 1 saturated carbocycles. The first kappa shape index (κ1) is 12.0. The predicted octanol–water partition coefficient (Wildman–Crippen LogP) is 1.85. The van der Waals surface area contributed by atoms with Gasteiger partial charge in [-0.15, -0.1) is 0 Å². The lowest BCUT2D eigenvalue weighted by atomic mass is 9.60. The van der Waals surface area contributed by atoms with E-state index in [0.717, 1.165) is 25.2 Å². The van der Waals surface area contributed by atoms with Crippen molar-refractivity contribution in [2.24, 2.45) is 5.92 Å². The molecule has 0 radical (unpaired) electrons. The molecule has 3 atom stereocenters. The third-order valence-corrected chi connectivity index (χ3v) is 5.59. The van der Waals surface area contributed by atoms with E-state index in [1.54, 1.807) is 0 Å². The Morgan fingerprint density at radius 3 is 2.65 bits per heavy atom. The molecule has 2 aliphatic heterocycles. The Labute approximate surface area is 106 Å². The van der Waals surface area contributed by atoms with Gasteiger partial charge in [-0.3, -0.25) is 4.90 Å². The Hall–Kier alpha value is -0.0151. The number of hydrogen-bond donors (Lipinski definition) is 0. The van der Waals surface area contributed by atoms with Crippen LogP contribution >= 0.6 is 0 Å². The minimum atomic E-state index is 0.426. The summed E-state index contributed by atoms with van der Waals surface area (Å²) in [7, 11) is 4.82. The van der Waals surface area contributed by atoms with Crippen molar-refractivity contribution in [1.82, 2.24) is 4.90 Å². The molecule has 3 aliphatic rings. The Morgan fingerprint density at radius 2 is 2.00 bits per heavy atom. The van der Waals surface area contributed by atoms with Gasteiger partial charge in [-0.2, -0.15) is 0 Å². The van der Waals surface area contributed by atoms with E-state index in [9.17, 15) is 0 Å². The molecule has 3 heteroatoms. The van der Waals surface area contributed by atoms with E-state index < -0.39 is 0 Å². The average molecular weight is 235 g/mol. The fourth-order valence-electron chi connectivity index (χ4n) is 4.50. The van der Waals surface area contributed by atoms with Crippen LogP contribution in [-0.2, 0) is 4.74 Å². The maximum atomic E-state index is 5.51. The van der Waals surface area contributed by atoms with Crippen LogP contribution in [0.2, 0.25) is 5.31 Å². The minimum Gasteiger partial charge on any atom is -0.377 e. The molecule has 3 fully saturated rings. The van der Waals surface area contributed by atoms with Gasteiger partial charge in [-0.05, 0) is 25.8 Å². The summed E-state index contributed by atoms with van der Waals surface area (Å²) in [4.78, 5) is 2.68. The van der Waals surface area contributed by atoms with Crippen LogP contribution in [0.4, 0.5) is 0 Å². The summed E-state index contributed by atoms with van der Waals surface area (Å²) in [5.74, 6) is 0.916. The summed E-state index contributed by atoms with van der Waals surface area (Å²) < 4.78 is 5.51. The maximum absolute atomic E-state index is 5.51. The van der Waals surface area contributed by atoms with Crippen LogP contribution in [0.5, 0.6) is 0 Å². The fourth-order valence-corrected chi connectivity index (χ4v) is 4.50. The molecule has 0 aromatic rings. The molecule has 96 valence electrons. The van der Waals surface area contributed by atoms with Gasteiger partial charge in [-0.25, -0.2) is 0 Å². The van der Waals surface area contributed by atoms with Gasteiger partial charge in [-0.1, -0.05) is 37.9 Å². The van der Waals surface area contributed by atoms with Gasteiger partial charge in [0.2, 0.25) is 0 Å². The summed E-state index contributed by atoms with van der Waals surface area (Å²) in [6.45, 7) is 4.44. The summed E-state index contributed by atoms with van der Waals surface area (Å²) >= 11 is 0. The van der Waals surface area contributed by atoms with Crippen molar-refractivity contribution >= 4 is 7.85 Å². The quantitative estimate of drug-likeness (QED) is 0.594. The second-order valence-corrected chi connectivity index (χ2v) is 7.47. The van der Waals surface area contributed by atoms with E-state index in [-0.39, 0.29) is 0 Å². The second-order valence-electron chi connectivity index (χ2n) is 7.47. The van der Waals surface area contributed by atoms with E-state index in [1.807, 2.05) is 0 Å². The molecule has 0 bridgehead atoms. The van der Waals surface area contributed by atoms with E-state index >= 15 is 0 Å². The Morgan fingerprint density at radius 1 is 1.24 bits per heavy atom. The van der Waals surface area contributed by atoms with E-state index in [4.69, 9.17) is 4.74 Å².